The van der Waals surface area contributed by atoms with Crippen molar-refractivity contribution in [2.45, 2.75) is 51.5 Å². The lowest BCUT2D eigenvalue weighted by molar-refractivity contribution is -0.123. The molecule has 2 aliphatic rings. The van der Waals surface area contributed by atoms with Gasteiger partial charge in [-0.25, -0.2) is 0 Å². The molecular formula is C14H26N2O. The van der Waals surface area contributed by atoms with E-state index in [0.717, 1.165) is 19.6 Å². The Hall–Kier alpha value is -0.410. The number of carbonyl (C=O) groups excluding carboxylic acids is 1. The molecule has 1 atom stereocenters. The highest BCUT2D eigenvalue weighted by atomic mass is 16.1. The van der Waals surface area contributed by atoms with Crippen LogP contribution in [0, 0.1) is 0 Å². The van der Waals surface area contributed by atoms with Gasteiger partial charge in [-0.05, 0) is 58.8 Å². The predicted octanol–water partition coefficient (Wildman–Crippen LogP) is 1.92. The van der Waals surface area contributed by atoms with Crippen LogP contribution in [0.1, 0.15) is 45.4 Å². The molecule has 1 unspecified atom stereocenters. The summed E-state index contributed by atoms with van der Waals surface area (Å²) in [6, 6.07) is 0.161. The van der Waals surface area contributed by atoms with Crippen molar-refractivity contribution in [2.24, 2.45) is 0 Å². The maximum atomic E-state index is 11.8. The molecule has 0 saturated carbocycles. The molecule has 0 radical (unpaired) electrons. The van der Waals surface area contributed by atoms with Gasteiger partial charge in [-0.2, -0.15) is 0 Å². The number of nitrogens with zero attached hydrogens (tertiary/aromatic N) is 2. The number of piperidine rings is 2. The van der Waals surface area contributed by atoms with E-state index in [1.165, 1.54) is 51.6 Å². The van der Waals surface area contributed by atoms with Crippen LogP contribution in [0.15, 0.2) is 0 Å². The van der Waals surface area contributed by atoms with E-state index in [9.17, 15) is 4.79 Å². The smallest absolute Gasteiger partial charge is 0.148 e. The van der Waals surface area contributed by atoms with Crippen LogP contribution in [0.5, 0.6) is 0 Å². The zero-order valence-electron chi connectivity index (χ0n) is 11.2. The van der Waals surface area contributed by atoms with Gasteiger partial charge in [0, 0.05) is 6.54 Å². The molecule has 3 heteroatoms. The number of Topliss-reactive ketones (excluding diaryl/α,β-unsaturated/α-hetero) is 1. The van der Waals surface area contributed by atoms with E-state index in [4.69, 9.17) is 0 Å². The first-order chi connectivity index (χ1) is 8.27. The minimum atomic E-state index is 0.161. The second-order valence-electron chi connectivity index (χ2n) is 5.58. The zero-order chi connectivity index (χ0) is 12.1. The summed E-state index contributed by atoms with van der Waals surface area (Å²) in [5.74, 6) is 0.359. The molecule has 2 heterocycles. The fourth-order valence-electron chi connectivity index (χ4n) is 3.12. The van der Waals surface area contributed by atoms with E-state index >= 15 is 0 Å². The maximum absolute atomic E-state index is 11.8. The lowest BCUT2D eigenvalue weighted by Gasteiger charge is -2.37. The summed E-state index contributed by atoms with van der Waals surface area (Å²) < 4.78 is 0. The van der Waals surface area contributed by atoms with Gasteiger partial charge in [0.25, 0.3) is 0 Å². The monoisotopic (exact) mass is 238 g/mol. The molecule has 2 aliphatic heterocycles. The first kappa shape index (κ1) is 13.0. The van der Waals surface area contributed by atoms with Crippen molar-refractivity contribution >= 4 is 5.78 Å². The van der Waals surface area contributed by atoms with E-state index in [-0.39, 0.29) is 6.04 Å². The van der Waals surface area contributed by atoms with Crippen molar-refractivity contribution in [1.29, 1.82) is 0 Å². The van der Waals surface area contributed by atoms with E-state index < -0.39 is 0 Å². The van der Waals surface area contributed by atoms with Gasteiger partial charge in [0.2, 0.25) is 0 Å². The maximum Gasteiger partial charge on any atom is 0.148 e. The summed E-state index contributed by atoms with van der Waals surface area (Å²) in [7, 11) is 0. The van der Waals surface area contributed by atoms with Crippen molar-refractivity contribution in [3.63, 3.8) is 0 Å². The molecule has 17 heavy (non-hydrogen) atoms. The number of hydrogen-bond acceptors (Lipinski definition) is 3. The summed E-state index contributed by atoms with van der Waals surface area (Å²) in [5, 5.41) is 0. The Morgan fingerprint density at radius 1 is 0.941 bits per heavy atom. The standard InChI is InChI=1S/C14H26N2O/c1-13(17)14(16-10-6-3-7-11-16)12-15-8-4-2-5-9-15/h14H,2-12H2,1H3. The normalized spacial score (nSPS) is 25.7. The molecule has 0 bridgehead atoms. The van der Waals surface area contributed by atoms with Gasteiger partial charge in [0.05, 0.1) is 6.04 Å². The van der Waals surface area contributed by atoms with Gasteiger partial charge in [-0.3, -0.25) is 9.69 Å². The van der Waals surface area contributed by atoms with Crippen LogP contribution in [0.25, 0.3) is 0 Å². The molecule has 2 fully saturated rings. The Kier molecular flexibility index (Phi) is 4.99. The Bertz CT molecular complexity index is 243. The number of hydrogen-bond donors (Lipinski definition) is 0. The molecule has 3 nitrogen and oxygen atoms in total. The molecule has 0 N–H and O–H groups in total. The van der Waals surface area contributed by atoms with Crippen LogP contribution in [0.2, 0.25) is 0 Å². The van der Waals surface area contributed by atoms with E-state index in [2.05, 4.69) is 9.80 Å². The Labute approximate surface area is 105 Å². The minimum Gasteiger partial charge on any atom is -0.301 e. The fourth-order valence-corrected chi connectivity index (χ4v) is 3.12. The van der Waals surface area contributed by atoms with E-state index in [1.54, 1.807) is 6.92 Å². The third kappa shape index (κ3) is 3.78. The van der Waals surface area contributed by atoms with Gasteiger partial charge in [-0.1, -0.05) is 12.8 Å². The number of ketones is 1. The van der Waals surface area contributed by atoms with Gasteiger partial charge in [-0.15, -0.1) is 0 Å². The quantitative estimate of drug-likeness (QED) is 0.747. The SMILES string of the molecule is CC(=O)C(CN1CCCCC1)N1CCCCC1. The molecule has 0 amide bonds. The average Bonchev–Trinajstić information content (AvgIpc) is 2.38. The van der Waals surface area contributed by atoms with Crippen LogP contribution in [-0.2, 0) is 4.79 Å². The Balaban J connectivity index is 1.88. The first-order valence-electron chi connectivity index (χ1n) is 7.24. The van der Waals surface area contributed by atoms with Crippen LogP contribution in [0.3, 0.4) is 0 Å². The number of rotatable bonds is 4. The lowest BCUT2D eigenvalue weighted by Crippen LogP contribution is -2.50. The van der Waals surface area contributed by atoms with Gasteiger partial charge in [0.1, 0.15) is 5.78 Å². The van der Waals surface area contributed by atoms with Gasteiger partial charge < -0.3 is 4.90 Å². The largest absolute Gasteiger partial charge is 0.301 e. The average molecular weight is 238 g/mol. The Morgan fingerprint density at radius 2 is 1.47 bits per heavy atom. The highest BCUT2D eigenvalue weighted by Crippen LogP contribution is 2.16. The van der Waals surface area contributed by atoms with Crippen molar-refractivity contribution in [1.82, 2.24) is 9.80 Å². The fraction of sp³-hybridized carbons (Fsp3) is 0.929. The third-order valence-electron chi connectivity index (χ3n) is 4.18. The second-order valence-corrected chi connectivity index (χ2v) is 5.58. The summed E-state index contributed by atoms with van der Waals surface area (Å²) in [6.45, 7) is 7.37. The van der Waals surface area contributed by atoms with Gasteiger partial charge in [0.15, 0.2) is 0 Å². The van der Waals surface area contributed by atoms with Crippen LogP contribution in [0.4, 0.5) is 0 Å². The van der Waals surface area contributed by atoms with Crippen molar-refractivity contribution < 1.29 is 4.79 Å². The first-order valence-corrected chi connectivity index (χ1v) is 7.24. The summed E-state index contributed by atoms with van der Waals surface area (Å²) in [4.78, 5) is 16.8. The van der Waals surface area contributed by atoms with Gasteiger partial charge >= 0.3 is 0 Å². The molecule has 0 spiro atoms. The Morgan fingerprint density at radius 3 is 2.00 bits per heavy atom. The molecule has 0 aromatic heterocycles. The summed E-state index contributed by atoms with van der Waals surface area (Å²) in [6.07, 6.45) is 7.86. The molecule has 98 valence electrons. The lowest BCUT2D eigenvalue weighted by atomic mass is 10.0. The minimum absolute atomic E-state index is 0.161. The highest BCUT2D eigenvalue weighted by Gasteiger charge is 2.26. The van der Waals surface area contributed by atoms with Crippen molar-refractivity contribution in [3.8, 4) is 0 Å². The van der Waals surface area contributed by atoms with Crippen molar-refractivity contribution in [2.75, 3.05) is 32.7 Å². The summed E-state index contributed by atoms with van der Waals surface area (Å²) >= 11 is 0. The van der Waals surface area contributed by atoms with Crippen LogP contribution >= 0.6 is 0 Å². The third-order valence-corrected chi connectivity index (χ3v) is 4.18. The topological polar surface area (TPSA) is 23.6 Å². The predicted molar refractivity (Wildman–Crippen MR) is 70.2 cm³/mol. The molecule has 2 rings (SSSR count). The molecule has 0 aromatic carbocycles. The van der Waals surface area contributed by atoms with Crippen LogP contribution < -0.4 is 0 Å². The summed E-state index contributed by atoms with van der Waals surface area (Å²) in [5.41, 5.74) is 0. The number of likely N-dealkylation sites (tertiary alicyclic amines) is 2. The van der Waals surface area contributed by atoms with E-state index in [1.807, 2.05) is 0 Å². The number of carbonyl (C=O) groups is 1. The highest BCUT2D eigenvalue weighted by molar-refractivity contribution is 5.81. The zero-order valence-corrected chi connectivity index (χ0v) is 11.2. The van der Waals surface area contributed by atoms with Crippen molar-refractivity contribution in [3.05, 3.63) is 0 Å². The van der Waals surface area contributed by atoms with E-state index in [0.29, 0.717) is 5.78 Å². The van der Waals surface area contributed by atoms with Crippen LogP contribution in [-0.4, -0.2) is 54.3 Å². The second kappa shape index (κ2) is 6.50. The molecular weight excluding hydrogens is 212 g/mol. The molecule has 0 aromatic rings. The molecule has 0 aliphatic carbocycles. The molecule has 2 saturated heterocycles.